The van der Waals surface area contributed by atoms with Gasteiger partial charge in [-0.1, -0.05) is 6.92 Å². The number of benzene rings is 1. The second-order valence-corrected chi connectivity index (χ2v) is 5.31. The summed E-state index contributed by atoms with van der Waals surface area (Å²) < 4.78 is 0. The topological polar surface area (TPSA) is 32.7 Å². The van der Waals surface area contributed by atoms with Crippen molar-refractivity contribution in [2.45, 2.75) is 38.6 Å². The molecule has 0 bridgehead atoms. The van der Waals surface area contributed by atoms with Crippen LogP contribution in [0, 0.1) is 4.91 Å². The first-order valence-electron chi connectivity index (χ1n) is 5.67. The molecule has 16 heavy (non-hydrogen) atoms. The van der Waals surface area contributed by atoms with E-state index >= 15 is 0 Å². The molecule has 1 aromatic rings. The molecule has 0 saturated heterocycles. The van der Waals surface area contributed by atoms with Crippen molar-refractivity contribution in [2.24, 2.45) is 5.18 Å². The molecule has 1 aromatic carbocycles. The van der Waals surface area contributed by atoms with E-state index in [-0.39, 0.29) is 5.54 Å². The Bertz CT molecular complexity index is 426. The van der Waals surface area contributed by atoms with E-state index in [1.54, 1.807) is 6.07 Å². The van der Waals surface area contributed by atoms with Crippen LogP contribution in [0.4, 0.5) is 11.4 Å². The second-order valence-electron chi connectivity index (χ2n) is 5.31. The average Bonchev–Trinajstić information content (AvgIpc) is 2.25. The molecule has 0 aromatic heterocycles. The molecule has 0 aliphatic carbocycles. The van der Waals surface area contributed by atoms with Gasteiger partial charge in [-0.15, -0.1) is 4.91 Å². The van der Waals surface area contributed by atoms with Gasteiger partial charge in [0.1, 0.15) is 5.69 Å². The van der Waals surface area contributed by atoms with E-state index < -0.39 is 0 Å². The van der Waals surface area contributed by atoms with E-state index in [0.717, 1.165) is 6.42 Å². The van der Waals surface area contributed by atoms with Gasteiger partial charge in [0.25, 0.3) is 0 Å². The molecule has 1 atom stereocenters. The van der Waals surface area contributed by atoms with Crippen LogP contribution < -0.4 is 4.90 Å². The van der Waals surface area contributed by atoms with E-state index in [2.05, 4.69) is 37.9 Å². The molecule has 0 spiro atoms. The molecule has 0 amide bonds. The fourth-order valence-electron chi connectivity index (χ4n) is 2.62. The lowest BCUT2D eigenvalue weighted by Gasteiger charge is -2.45. The van der Waals surface area contributed by atoms with Crippen molar-refractivity contribution in [2.75, 3.05) is 11.9 Å². The normalized spacial score (nSPS) is 22.8. The van der Waals surface area contributed by atoms with Crippen molar-refractivity contribution in [3.8, 4) is 0 Å². The lowest BCUT2D eigenvalue weighted by atomic mass is 9.80. The highest BCUT2D eigenvalue weighted by Gasteiger charge is 2.33. The van der Waals surface area contributed by atoms with Crippen LogP contribution >= 0.6 is 0 Å². The third-order valence-corrected chi connectivity index (χ3v) is 3.72. The van der Waals surface area contributed by atoms with Crippen molar-refractivity contribution in [1.29, 1.82) is 0 Å². The summed E-state index contributed by atoms with van der Waals surface area (Å²) in [6.45, 7) is 6.71. The largest absolute Gasteiger partial charge is 0.369 e. The second kappa shape index (κ2) is 3.58. The molecule has 1 unspecified atom stereocenters. The number of hydrogen-bond acceptors (Lipinski definition) is 3. The van der Waals surface area contributed by atoms with Crippen LogP contribution in [-0.4, -0.2) is 12.6 Å². The Morgan fingerprint density at radius 3 is 2.75 bits per heavy atom. The molecule has 0 radical (unpaired) electrons. The number of nitrogens with zero attached hydrogens (tertiary/aromatic N) is 2. The van der Waals surface area contributed by atoms with Gasteiger partial charge in [0.05, 0.1) is 0 Å². The van der Waals surface area contributed by atoms with Gasteiger partial charge in [-0.05, 0) is 55.1 Å². The monoisotopic (exact) mass is 218 g/mol. The molecule has 86 valence electrons. The molecule has 1 heterocycles. The average molecular weight is 218 g/mol. The zero-order chi connectivity index (χ0) is 11.9. The van der Waals surface area contributed by atoms with E-state index in [0.29, 0.717) is 11.6 Å². The predicted octanol–water partition coefficient (Wildman–Crippen LogP) is 3.81. The highest BCUT2D eigenvalue weighted by Crippen LogP contribution is 2.43. The molecule has 0 fully saturated rings. The predicted molar refractivity (Wildman–Crippen MR) is 67.4 cm³/mol. The molecule has 1 aliphatic heterocycles. The number of rotatable bonds is 1. The van der Waals surface area contributed by atoms with Gasteiger partial charge in [0, 0.05) is 18.3 Å². The summed E-state index contributed by atoms with van der Waals surface area (Å²) >= 11 is 0. The van der Waals surface area contributed by atoms with Gasteiger partial charge in [-0.3, -0.25) is 0 Å². The summed E-state index contributed by atoms with van der Waals surface area (Å²) in [4.78, 5) is 12.8. The first-order chi connectivity index (χ1) is 7.45. The molecular formula is C13H18N2O. The summed E-state index contributed by atoms with van der Waals surface area (Å²) in [5.74, 6) is 0.475. The zero-order valence-corrected chi connectivity index (χ0v) is 10.3. The minimum absolute atomic E-state index is 0.169. The molecule has 0 N–H and O–H groups in total. The summed E-state index contributed by atoms with van der Waals surface area (Å²) in [7, 11) is 2.11. The minimum Gasteiger partial charge on any atom is -0.369 e. The fourth-order valence-corrected chi connectivity index (χ4v) is 2.62. The first-order valence-corrected chi connectivity index (χ1v) is 5.67. The Kier molecular flexibility index (Phi) is 2.49. The van der Waals surface area contributed by atoms with Crippen molar-refractivity contribution in [3.63, 3.8) is 0 Å². The fraction of sp³-hybridized carbons (Fsp3) is 0.538. The highest BCUT2D eigenvalue weighted by molar-refractivity contribution is 5.63. The van der Waals surface area contributed by atoms with Gasteiger partial charge in [-0.2, -0.15) is 0 Å². The van der Waals surface area contributed by atoms with Crippen LogP contribution in [0.25, 0.3) is 0 Å². The van der Waals surface area contributed by atoms with E-state index in [1.165, 1.54) is 11.3 Å². The van der Waals surface area contributed by atoms with E-state index in [9.17, 15) is 4.91 Å². The summed E-state index contributed by atoms with van der Waals surface area (Å²) in [6.07, 6.45) is 1.10. The number of hydrogen-bond donors (Lipinski definition) is 0. The van der Waals surface area contributed by atoms with Crippen molar-refractivity contribution in [3.05, 3.63) is 28.7 Å². The van der Waals surface area contributed by atoms with Gasteiger partial charge in [-0.25, -0.2) is 0 Å². The van der Waals surface area contributed by atoms with Crippen LogP contribution in [0.1, 0.15) is 38.7 Å². The third-order valence-electron chi connectivity index (χ3n) is 3.72. The van der Waals surface area contributed by atoms with Gasteiger partial charge < -0.3 is 4.90 Å². The maximum absolute atomic E-state index is 10.5. The number of fused-ring (bicyclic) bond motifs is 1. The smallest absolute Gasteiger partial charge is 0.108 e. The van der Waals surface area contributed by atoms with Crippen LogP contribution in [0.2, 0.25) is 0 Å². The Hall–Kier alpha value is -1.38. The summed E-state index contributed by atoms with van der Waals surface area (Å²) in [5.41, 5.74) is 3.15. The molecule has 2 rings (SSSR count). The van der Waals surface area contributed by atoms with Gasteiger partial charge >= 0.3 is 0 Å². The zero-order valence-electron chi connectivity index (χ0n) is 10.3. The van der Waals surface area contributed by atoms with Crippen LogP contribution in [0.5, 0.6) is 0 Å². The SMILES string of the molecule is CC1CC(C)(C)N(C)c2ccc(N=O)cc21. The van der Waals surface area contributed by atoms with Crippen LogP contribution in [0.15, 0.2) is 23.4 Å². The van der Waals surface area contributed by atoms with Crippen molar-refractivity contribution in [1.82, 2.24) is 0 Å². The maximum Gasteiger partial charge on any atom is 0.108 e. The molecular weight excluding hydrogens is 200 g/mol. The molecule has 0 saturated carbocycles. The summed E-state index contributed by atoms with van der Waals surface area (Å²) in [6, 6.07) is 5.71. The highest BCUT2D eigenvalue weighted by atomic mass is 16.3. The van der Waals surface area contributed by atoms with E-state index in [4.69, 9.17) is 0 Å². The third kappa shape index (κ3) is 1.60. The molecule has 1 aliphatic rings. The Balaban J connectivity index is 2.54. The van der Waals surface area contributed by atoms with Crippen LogP contribution in [-0.2, 0) is 0 Å². The van der Waals surface area contributed by atoms with Crippen LogP contribution in [0.3, 0.4) is 0 Å². The quantitative estimate of drug-likeness (QED) is 0.671. The molecule has 3 heteroatoms. The first kappa shape index (κ1) is 11.1. The lowest BCUT2D eigenvalue weighted by Crippen LogP contribution is -2.45. The Morgan fingerprint density at radius 1 is 1.44 bits per heavy atom. The standard InChI is InChI=1S/C13H18N2O/c1-9-8-13(2,3)15(4)12-6-5-10(14-16)7-11(9)12/h5-7,9H,8H2,1-4H3. The summed E-state index contributed by atoms with van der Waals surface area (Å²) in [5, 5.41) is 3.01. The van der Waals surface area contributed by atoms with Gasteiger partial charge in [0.2, 0.25) is 0 Å². The van der Waals surface area contributed by atoms with Crippen molar-refractivity contribution >= 4 is 11.4 Å². The lowest BCUT2D eigenvalue weighted by molar-refractivity contribution is 0.395. The van der Waals surface area contributed by atoms with Gasteiger partial charge in [0.15, 0.2) is 0 Å². The Labute approximate surface area is 96.4 Å². The maximum atomic E-state index is 10.5. The number of nitroso groups, excluding NO2 is 1. The molecule has 3 nitrogen and oxygen atoms in total. The minimum atomic E-state index is 0.169. The van der Waals surface area contributed by atoms with E-state index in [1.807, 2.05) is 12.1 Å². The Morgan fingerprint density at radius 2 is 2.12 bits per heavy atom. The van der Waals surface area contributed by atoms with Crippen molar-refractivity contribution < 1.29 is 0 Å². The number of anilines is 1.